The third-order valence-corrected chi connectivity index (χ3v) is 3.06. The number of hydrogen-bond acceptors (Lipinski definition) is 3. The predicted molar refractivity (Wildman–Crippen MR) is 71.8 cm³/mol. The number of amides is 3. The molecule has 1 aromatic carbocycles. The number of nitrogens with two attached hydrogens (primary N) is 1. The third-order valence-electron chi connectivity index (χ3n) is 3.06. The fourth-order valence-electron chi connectivity index (χ4n) is 2.09. The van der Waals surface area contributed by atoms with Crippen molar-refractivity contribution in [3.05, 3.63) is 34.9 Å². The average Bonchev–Trinajstić information content (AvgIpc) is 2.42. The van der Waals surface area contributed by atoms with Crippen LogP contribution in [0.1, 0.15) is 21.5 Å². The van der Waals surface area contributed by atoms with Gasteiger partial charge in [0.05, 0.1) is 0 Å². The summed E-state index contributed by atoms with van der Waals surface area (Å²) in [6.07, 6.45) is 1.000. The van der Waals surface area contributed by atoms with Crippen molar-refractivity contribution < 1.29 is 9.59 Å². The maximum Gasteiger partial charge on any atom is 0.312 e. The Balaban J connectivity index is 1.90. The minimum atomic E-state index is -0.589. The van der Waals surface area contributed by atoms with Gasteiger partial charge in [0.2, 0.25) is 0 Å². The van der Waals surface area contributed by atoms with Crippen LogP contribution in [0.4, 0.5) is 4.79 Å². The molecule has 0 atom stereocenters. The fourth-order valence-corrected chi connectivity index (χ4v) is 2.09. The zero-order valence-electron chi connectivity index (χ0n) is 10.7. The second-order valence-electron chi connectivity index (χ2n) is 4.46. The molecule has 0 unspecified atom stereocenters. The summed E-state index contributed by atoms with van der Waals surface area (Å²) < 4.78 is 0. The van der Waals surface area contributed by atoms with Gasteiger partial charge in [0.25, 0.3) is 5.91 Å². The molecule has 0 saturated heterocycles. The number of nitrogens with one attached hydrogen (secondary N) is 3. The Morgan fingerprint density at radius 3 is 2.79 bits per heavy atom. The van der Waals surface area contributed by atoms with Gasteiger partial charge in [0.15, 0.2) is 0 Å². The van der Waals surface area contributed by atoms with E-state index in [9.17, 15) is 9.59 Å². The zero-order valence-corrected chi connectivity index (χ0v) is 10.7. The number of carbonyl (C=O) groups excluding carboxylic acids is 2. The van der Waals surface area contributed by atoms with Crippen molar-refractivity contribution in [2.45, 2.75) is 13.0 Å². The summed E-state index contributed by atoms with van der Waals surface area (Å²) >= 11 is 0. The van der Waals surface area contributed by atoms with Crippen LogP contribution in [0.3, 0.4) is 0 Å². The third kappa shape index (κ3) is 3.69. The van der Waals surface area contributed by atoms with Crippen LogP contribution in [0.25, 0.3) is 0 Å². The van der Waals surface area contributed by atoms with E-state index < -0.39 is 6.03 Å². The molecule has 0 spiro atoms. The molecule has 0 bridgehead atoms. The van der Waals surface area contributed by atoms with Crippen LogP contribution >= 0.6 is 0 Å². The Bertz CT molecular complexity index is 488. The van der Waals surface area contributed by atoms with Crippen molar-refractivity contribution in [2.75, 3.05) is 19.6 Å². The topological polar surface area (TPSA) is 96.2 Å². The molecule has 6 nitrogen and oxygen atoms in total. The molecule has 1 aliphatic rings. The predicted octanol–water partition coefficient (Wildman–Crippen LogP) is -0.270. The first-order valence-electron chi connectivity index (χ1n) is 6.31. The normalized spacial score (nSPS) is 13.5. The SMILES string of the molecule is NC(=O)NCCNC(=O)c1ccc2c(c1)CNCC2. The van der Waals surface area contributed by atoms with Gasteiger partial charge in [-0.2, -0.15) is 0 Å². The molecule has 102 valence electrons. The van der Waals surface area contributed by atoms with Gasteiger partial charge in [0, 0.05) is 25.2 Å². The molecule has 1 heterocycles. The monoisotopic (exact) mass is 262 g/mol. The van der Waals surface area contributed by atoms with Crippen LogP contribution in [-0.2, 0) is 13.0 Å². The first-order valence-corrected chi connectivity index (χ1v) is 6.31. The van der Waals surface area contributed by atoms with Crippen molar-refractivity contribution in [1.29, 1.82) is 0 Å². The first-order chi connectivity index (χ1) is 9.16. The Labute approximate surface area is 111 Å². The number of carbonyl (C=O) groups is 2. The fraction of sp³-hybridized carbons (Fsp3) is 0.385. The molecule has 1 aliphatic heterocycles. The van der Waals surface area contributed by atoms with Gasteiger partial charge in [-0.15, -0.1) is 0 Å². The Morgan fingerprint density at radius 2 is 2.00 bits per heavy atom. The highest BCUT2D eigenvalue weighted by Gasteiger charge is 2.12. The van der Waals surface area contributed by atoms with Crippen molar-refractivity contribution in [3.63, 3.8) is 0 Å². The first kappa shape index (κ1) is 13.4. The second kappa shape index (κ2) is 6.19. The van der Waals surface area contributed by atoms with E-state index in [-0.39, 0.29) is 5.91 Å². The highest BCUT2D eigenvalue weighted by atomic mass is 16.2. The molecule has 0 aliphatic carbocycles. The van der Waals surface area contributed by atoms with Crippen LogP contribution in [0.15, 0.2) is 18.2 Å². The van der Waals surface area contributed by atoms with E-state index in [1.165, 1.54) is 11.1 Å². The van der Waals surface area contributed by atoms with Crippen LogP contribution in [0.5, 0.6) is 0 Å². The zero-order chi connectivity index (χ0) is 13.7. The Kier molecular flexibility index (Phi) is 4.35. The number of rotatable bonds is 4. The quantitative estimate of drug-likeness (QED) is 0.562. The van der Waals surface area contributed by atoms with Gasteiger partial charge in [-0.25, -0.2) is 4.79 Å². The molecule has 6 heteroatoms. The molecule has 3 amide bonds. The minimum Gasteiger partial charge on any atom is -0.352 e. The van der Waals surface area contributed by atoms with E-state index in [4.69, 9.17) is 5.73 Å². The summed E-state index contributed by atoms with van der Waals surface area (Å²) in [6, 6.07) is 5.17. The van der Waals surface area contributed by atoms with Gasteiger partial charge in [-0.1, -0.05) is 6.07 Å². The number of hydrogen-bond donors (Lipinski definition) is 4. The molecule has 0 saturated carbocycles. The summed E-state index contributed by atoms with van der Waals surface area (Å²) in [4.78, 5) is 22.4. The van der Waals surface area contributed by atoms with Crippen molar-refractivity contribution in [1.82, 2.24) is 16.0 Å². The maximum atomic E-state index is 11.9. The van der Waals surface area contributed by atoms with Crippen LogP contribution in [0.2, 0.25) is 0 Å². The summed E-state index contributed by atoms with van der Waals surface area (Å²) in [7, 11) is 0. The average molecular weight is 262 g/mol. The number of fused-ring (bicyclic) bond motifs is 1. The number of urea groups is 1. The van der Waals surface area contributed by atoms with E-state index in [0.29, 0.717) is 18.7 Å². The molecule has 0 radical (unpaired) electrons. The second-order valence-corrected chi connectivity index (χ2v) is 4.46. The Morgan fingerprint density at radius 1 is 1.21 bits per heavy atom. The lowest BCUT2D eigenvalue weighted by atomic mass is 9.98. The summed E-state index contributed by atoms with van der Waals surface area (Å²) in [5.74, 6) is -0.139. The summed E-state index contributed by atoms with van der Waals surface area (Å²) in [5.41, 5.74) is 8.04. The van der Waals surface area contributed by atoms with E-state index in [1.807, 2.05) is 18.2 Å². The van der Waals surface area contributed by atoms with E-state index in [0.717, 1.165) is 19.5 Å². The van der Waals surface area contributed by atoms with Crippen LogP contribution < -0.4 is 21.7 Å². The largest absolute Gasteiger partial charge is 0.352 e. The number of primary amides is 1. The van der Waals surface area contributed by atoms with Gasteiger partial charge in [-0.05, 0) is 36.2 Å². The van der Waals surface area contributed by atoms with Crippen molar-refractivity contribution in [3.8, 4) is 0 Å². The molecule has 1 aromatic rings. The lowest BCUT2D eigenvalue weighted by Crippen LogP contribution is -2.37. The van der Waals surface area contributed by atoms with Gasteiger partial charge in [-0.3, -0.25) is 4.79 Å². The van der Waals surface area contributed by atoms with Crippen molar-refractivity contribution >= 4 is 11.9 Å². The smallest absolute Gasteiger partial charge is 0.312 e. The maximum absolute atomic E-state index is 11.9. The highest BCUT2D eigenvalue weighted by Crippen LogP contribution is 2.15. The highest BCUT2D eigenvalue weighted by molar-refractivity contribution is 5.94. The van der Waals surface area contributed by atoms with Crippen molar-refractivity contribution in [2.24, 2.45) is 5.73 Å². The van der Waals surface area contributed by atoms with E-state index >= 15 is 0 Å². The summed E-state index contributed by atoms with van der Waals surface area (Å²) in [6.45, 7) is 2.47. The van der Waals surface area contributed by atoms with Gasteiger partial charge < -0.3 is 21.7 Å². The Hall–Kier alpha value is -2.08. The van der Waals surface area contributed by atoms with E-state index in [2.05, 4.69) is 16.0 Å². The lowest BCUT2D eigenvalue weighted by molar-refractivity contribution is 0.0953. The molecule has 19 heavy (non-hydrogen) atoms. The minimum absolute atomic E-state index is 0.139. The standard InChI is InChI=1S/C13H18N4O2/c14-13(19)17-6-5-16-12(18)10-2-1-9-3-4-15-8-11(9)7-10/h1-2,7,15H,3-6,8H2,(H,16,18)(H3,14,17,19). The van der Waals surface area contributed by atoms with Gasteiger partial charge in [0.1, 0.15) is 0 Å². The number of benzene rings is 1. The molecule has 2 rings (SSSR count). The van der Waals surface area contributed by atoms with Crippen LogP contribution in [-0.4, -0.2) is 31.6 Å². The lowest BCUT2D eigenvalue weighted by Gasteiger charge is -2.17. The molecule has 5 N–H and O–H groups in total. The van der Waals surface area contributed by atoms with Crippen LogP contribution in [0, 0.1) is 0 Å². The molecular formula is C13H18N4O2. The van der Waals surface area contributed by atoms with E-state index in [1.54, 1.807) is 0 Å². The molecule has 0 fully saturated rings. The molecular weight excluding hydrogens is 244 g/mol. The molecule has 0 aromatic heterocycles. The van der Waals surface area contributed by atoms with Gasteiger partial charge >= 0.3 is 6.03 Å². The summed E-state index contributed by atoms with van der Waals surface area (Å²) in [5, 5.41) is 8.43.